The van der Waals surface area contributed by atoms with Gasteiger partial charge in [-0.15, -0.1) is 0 Å². The minimum Gasteiger partial charge on any atom is -0.387 e. The van der Waals surface area contributed by atoms with Crippen molar-refractivity contribution in [3.8, 4) is 11.3 Å². The second-order valence-corrected chi connectivity index (χ2v) is 5.24. The van der Waals surface area contributed by atoms with Gasteiger partial charge in [0.25, 0.3) is 0 Å². The van der Waals surface area contributed by atoms with Crippen LogP contribution in [0, 0.1) is 0 Å². The highest BCUT2D eigenvalue weighted by atomic mass is 35.5. The summed E-state index contributed by atoms with van der Waals surface area (Å²) in [5.41, 5.74) is 3.54. The number of pyridine rings is 1. The van der Waals surface area contributed by atoms with Crippen LogP contribution in [-0.2, 0) is 0 Å². The first-order chi connectivity index (χ1) is 9.70. The summed E-state index contributed by atoms with van der Waals surface area (Å²) in [5.74, 6) is 0. The van der Waals surface area contributed by atoms with Crippen LogP contribution in [0.15, 0.2) is 48.5 Å². The fraction of sp³-hybridized carbons (Fsp3) is 0.0625. The van der Waals surface area contributed by atoms with Gasteiger partial charge in [-0.25, -0.2) is 4.98 Å². The smallest absolute Gasteiger partial charge is 0.0931 e. The van der Waals surface area contributed by atoms with Crippen LogP contribution in [0.2, 0.25) is 10.0 Å². The number of rotatable bonds is 2. The maximum atomic E-state index is 6.27. The summed E-state index contributed by atoms with van der Waals surface area (Å²) in [7, 11) is 1.86. The average Bonchev–Trinajstić information content (AvgIpc) is 2.51. The molecule has 0 unspecified atom stereocenters. The van der Waals surface area contributed by atoms with Crippen LogP contribution in [-0.4, -0.2) is 12.0 Å². The van der Waals surface area contributed by atoms with E-state index in [-0.39, 0.29) is 0 Å². The van der Waals surface area contributed by atoms with Gasteiger partial charge in [0.2, 0.25) is 0 Å². The van der Waals surface area contributed by atoms with Gasteiger partial charge in [0, 0.05) is 23.7 Å². The molecule has 0 atom stereocenters. The number of nitrogens with zero attached hydrogens (tertiary/aromatic N) is 1. The molecule has 0 aliphatic rings. The summed E-state index contributed by atoms with van der Waals surface area (Å²) >= 11 is 12.5. The molecule has 0 amide bonds. The summed E-state index contributed by atoms with van der Waals surface area (Å²) in [6, 6.07) is 15.5. The van der Waals surface area contributed by atoms with Crippen LogP contribution in [0.25, 0.3) is 22.2 Å². The van der Waals surface area contributed by atoms with Gasteiger partial charge in [-0.2, -0.15) is 0 Å². The van der Waals surface area contributed by atoms with E-state index < -0.39 is 0 Å². The zero-order chi connectivity index (χ0) is 14.1. The van der Waals surface area contributed by atoms with Crippen molar-refractivity contribution in [3.63, 3.8) is 0 Å². The molecule has 100 valence electrons. The molecule has 3 aromatic rings. The van der Waals surface area contributed by atoms with E-state index in [0.29, 0.717) is 15.6 Å². The lowest BCUT2D eigenvalue weighted by Crippen LogP contribution is -1.95. The summed E-state index contributed by atoms with van der Waals surface area (Å²) in [4.78, 5) is 4.66. The first-order valence-corrected chi connectivity index (χ1v) is 6.98. The predicted molar refractivity (Wildman–Crippen MR) is 86.7 cm³/mol. The number of hydrogen-bond donors (Lipinski definition) is 1. The Morgan fingerprint density at radius 2 is 1.65 bits per heavy atom. The summed E-state index contributed by atoms with van der Waals surface area (Å²) < 4.78 is 0. The van der Waals surface area contributed by atoms with Crippen LogP contribution in [0.4, 0.5) is 5.69 Å². The molecule has 0 saturated heterocycles. The van der Waals surface area contributed by atoms with E-state index in [9.17, 15) is 0 Å². The average molecular weight is 303 g/mol. The molecule has 0 spiro atoms. The molecule has 1 heterocycles. The lowest BCUT2D eigenvalue weighted by atomic mass is 10.1. The third-order valence-corrected chi connectivity index (χ3v) is 3.82. The lowest BCUT2D eigenvalue weighted by Gasteiger charge is -2.11. The molecule has 0 fully saturated rings. The summed E-state index contributed by atoms with van der Waals surface area (Å²) in [5, 5.41) is 5.25. The second kappa shape index (κ2) is 5.31. The molecule has 20 heavy (non-hydrogen) atoms. The Morgan fingerprint density at radius 3 is 2.35 bits per heavy atom. The fourth-order valence-electron chi connectivity index (χ4n) is 2.22. The first-order valence-electron chi connectivity index (χ1n) is 6.22. The fourth-order valence-corrected chi connectivity index (χ4v) is 2.68. The van der Waals surface area contributed by atoms with Crippen molar-refractivity contribution >= 4 is 39.8 Å². The third kappa shape index (κ3) is 2.21. The molecule has 4 heteroatoms. The molecular weight excluding hydrogens is 291 g/mol. The normalized spacial score (nSPS) is 10.8. The molecule has 3 rings (SSSR count). The zero-order valence-electron chi connectivity index (χ0n) is 10.8. The Hall–Kier alpha value is -1.77. The number of nitrogens with one attached hydrogen (secondary N) is 1. The van der Waals surface area contributed by atoms with Gasteiger partial charge in [-0.05, 0) is 18.2 Å². The van der Waals surface area contributed by atoms with Gasteiger partial charge in [-0.3, -0.25) is 0 Å². The van der Waals surface area contributed by atoms with E-state index in [2.05, 4.69) is 10.3 Å². The van der Waals surface area contributed by atoms with E-state index in [1.54, 1.807) is 12.1 Å². The monoisotopic (exact) mass is 302 g/mol. The molecule has 1 aromatic heterocycles. The molecule has 0 aliphatic heterocycles. The number of halogens is 2. The van der Waals surface area contributed by atoms with Crippen molar-refractivity contribution in [2.24, 2.45) is 0 Å². The highest BCUT2D eigenvalue weighted by Gasteiger charge is 2.12. The molecule has 0 saturated carbocycles. The molecule has 0 bridgehead atoms. The Kier molecular flexibility index (Phi) is 3.51. The maximum Gasteiger partial charge on any atom is 0.0931 e. The molecule has 2 nitrogen and oxygen atoms in total. The third-order valence-electron chi connectivity index (χ3n) is 3.20. The first kappa shape index (κ1) is 13.2. The van der Waals surface area contributed by atoms with Gasteiger partial charge >= 0.3 is 0 Å². The zero-order valence-corrected chi connectivity index (χ0v) is 12.3. The lowest BCUT2D eigenvalue weighted by molar-refractivity contribution is 1.38. The maximum absolute atomic E-state index is 6.27. The van der Waals surface area contributed by atoms with Gasteiger partial charge in [0.05, 0.1) is 21.3 Å². The molecule has 1 N–H and O–H groups in total. The number of anilines is 1. The SMILES string of the molecule is CNc1cc(-c2ccccc2)nc2c(Cl)ccc(Cl)c12. The quantitative estimate of drug-likeness (QED) is 0.699. The van der Waals surface area contributed by atoms with E-state index in [4.69, 9.17) is 23.2 Å². The van der Waals surface area contributed by atoms with Crippen molar-refractivity contribution < 1.29 is 0 Å². The molecular formula is C16H12Cl2N2. The standard InChI is InChI=1S/C16H12Cl2N2/c1-19-14-9-13(10-5-3-2-4-6-10)20-16-12(18)8-7-11(17)15(14)16/h2-9H,1H3,(H,19,20). The minimum absolute atomic E-state index is 0.596. The highest BCUT2D eigenvalue weighted by Crippen LogP contribution is 2.36. The van der Waals surface area contributed by atoms with Crippen molar-refractivity contribution in [2.75, 3.05) is 12.4 Å². The summed E-state index contributed by atoms with van der Waals surface area (Å²) in [6.07, 6.45) is 0. The Balaban J connectivity index is 2.35. The number of benzene rings is 2. The van der Waals surface area contributed by atoms with E-state index >= 15 is 0 Å². The number of fused-ring (bicyclic) bond motifs is 1. The van der Waals surface area contributed by atoms with E-state index in [0.717, 1.165) is 22.3 Å². The number of aromatic nitrogens is 1. The highest BCUT2D eigenvalue weighted by molar-refractivity contribution is 6.40. The van der Waals surface area contributed by atoms with Crippen LogP contribution in [0.3, 0.4) is 0 Å². The minimum atomic E-state index is 0.596. The van der Waals surface area contributed by atoms with Crippen molar-refractivity contribution in [3.05, 3.63) is 58.6 Å². The topological polar surface area (TPSA) is 24.9 Å². The Bertz CT molecular complexity index is 770. The van der Waals surface area contributed by atoms with Crippen molar-refractivity contribution in [2.45, 2.75) is 0 Å². The van der Waals surface area contributed by atoms with Gasteiger partial charge in [0.1, 0.15) is 0 Å². The van der Waals surface area contributed by atoms with Crippen LogP contribution in [0.5, 0.6) is 0 Å². The molecule has 0 radical (unpaired) electrons. The van der Waals surface area contributed by atoms with Crippen LogP contribution >= 0.6 is 23.2 Å². The Morgan fingerprint density at radius 1 is 0.950 bits per heavy atom. The van der Waals surface area contributed by atoms with Gasteiger partial charge in [0.15, 0.2) is 0 Å². The van der Waals surface area contributed by atoms with Crippen LogP contribution in [0.1, 0.15) is 0 Å². The molecule has 2 aromatic carbocycles. The van der Waals surface area contributed by atoms with Crippen molar-refractivity contribution in [1.29, 1.82) is 0 Å². The van der Waals surface area contributed by atoms with E-state index in [1.807, 2.05) is 43.4 Å². The van der Waals surface area contributed by atoms with Gasteiger partial charge < -0.3 is 5.32 Å². The Labute approximate surface area is 127 Å². The van der Waals surface area contributed by atoms with Crippen LogP contribution < -0.4 is 5.32 Å². The van der Waals surface area contributed by atoms with E-state index in [1.165, 1.54) is 0 Å². The predicted octanol–water partition coefficient (Wildman–Crippen LogP) is 5.25. The second-order valence-electron chi connectivity index (χ2n) is 4.42. The molecule has 0 aliphatic carbocycles. The van der Waals surface area contributed by atoms with Gasteiger partial charge in [-0.1, -0.05) is 53.5 Å². The number of hydrogen-bond acceptors (Lipinski definition) is 2. The summed E-state index contributed by atoms with van der Waals surface area (Å²) in [6.45, 7) is 0. The largest absolute Gasteiger partial charge is 0.387 e. The van der Waals surface area contributed by atoms with Crippen molar-refractivity contribution in [1.82, 2.24) is 4.98 Å².